The quantitative estimate of drug-likeness (QED) is 0.766. The van der Waals surface area contributed by atoms with Crippen LogP contribution >= 0.6 is 0 Å². The number of carbonyl (C=O) groups is 2. The molecule has 2 aromatic rings. The maximum absolute atomic E-state index is 12.4. The molecular weight excluding hydrogens is 292 g/mol. The van der Waals surface area contributed by atoms with Crippen molar-refractivity contribution >= 4 is 22.8 Å². The van der Waals surface area contributed by atoms with Gasteiger partial charge in [-0.15, -0.1) is 0 Å². The van der Waals surface area contributed by atoms with Gasteiger partial charge in [0.2, 0.25) is 5.91 Å². The Morgan fingerprint density at radius 3 is 2.65 bits per heavy atom. The predicted molar refractivity (Wildman–Crippen MR) is 90.4 cm³/mol. The summed E-state index contributed by atoms with van der Waals surface area (Å²) in [5.41, 5.74) is 2.33. The average Bonchev–Trinajstić information content (AvgIpc) is 2.82. The van der Waals surface area contributed by atoms with Crippen molar-refractivity contribution in [1.82, 2.24) is 10.3 Å². The van der Waals surface area contributed by atoms with E-state index in [2.05, 4.69) is 10.3 Å². The highest BCUT2D eigenvalue weighted by molar-refractivity contribution is 5.90. The third kappa shape index (κ3) is 3.73. The molecular formula is C18H24N2O3. The van der Waals surface area contributed by atoms with E-state index in [-0.39, 0.29) is 24.7 Å². The van der Waals surface area contributed by atoms with Crippen molar-refractivity contribution in [2.45, 2.75) is 46.1 Å². The number of carboxylic acid groups (broad SMARTS) is 1. The highest BCUT2D eigenvalue weighted by atomic mass is 16.4. The van der Waals surface area contributed by atoms with E-state index in [0.29, 0.717) is 0 Å². The molecule has 5 nitrogen and oxygen atoms in total. The third-order valence-corrected chi connectivity index (χ3v) is 4.58. The summed E-state index contributed by atoms with van der Waals surface area (Å²) in [4.78, 5) is 26.7. The molecule has 1 aromatic carbocycles. The molecule has 1 heterocycles. The number of aromatic amines is 1. The number of H-pyrrole nitrogens is 1. The minimum atomic E-state index is -0.913. The van der Waals surface area contributed by atoms with Gasteiger partial charge in [0.25, 0.3) is 0 Å². The van der Waals surface area contributed by atoms with Gasteiger partial charge in [-0.05, 0) is 30.9 Å². The minimum Gasteiger partial charge on any atom is -0.481 e. The zero-order valence-electron chi connectivity index (χ0n) is 14.1. The second kappa shape index (κ2) is 6.44. The Bertz CT molecular complexity index is 733. The van der Waals surface area contributed by atoms with Gasteiger partial charge in [0.15, 0.2) is 0 Å². The molecule has 1 aromatic heterocycles. The molecule has 1 unspecified atom stereocenters. The van der Waals surface area contributed by atoms with E-state index in [1.54, 1.807) is 6.92 Å². The third-order valence-electron chi connectivity index (χ3n) is 4.58. The number of rotatable bonds is 6. The molecule has 0 saturated heterocycles. The highest BCUT2D eigenvalue weighted by Crippen LogP contribution is 2.24. The van der Waals surface area contributed by atoms with E-state index in [0.717, 1.165) is 22.0 Å². The Balaban J connectivity index is 2.17. The first-order valence-corrected chi connectivity index (χ1v) is 7.81. The number of aryl methyl sites for hydroxylation is 1. The summed E-state index contributed by atoms with van der Waals surface area (Å²) < 4.78 is 0. The second-order valence-electron chi connectivity index (χ2n) is 6.68. The normalized spacial score (nSPS) is 14.0. The van der Waals surface area contributed by atoms with Crippen LogP contribution in [0.2, 0.25) is 0 Å². The summed E-state index contributed by atoms with van der Waals surface area (Å²) in [6.07, 6.45) is 1.98. The number of para-hydroxylation sites is 1. The van der Waals surface area contributed by atoms with E-state index in [4.69, 9.17) is 5.11 Å². The van der Waals surface area contributed by atoms with E-state index in [1.807, 2.05) is 45.2 Å². The molecule has 0 fully saturated rings. The van der Waals surface area contributed by atoms with Crippen molar-refractivity contribution in [3.63, 3.8) is 0 Å². The van der Waals surface area contributed by atoms with Gasteiger partial charge in [-0.3, -0.25) is 9.59 Å². The summed E-state index contributed by atoms with van der Waals surface area (Å²) in [7, 11) is 0. The molecule has 0 spiro atoms. The molecule has 0 bridgehead atoms. The molecule has 0 aliphatic carbocycles. The number of carbonyl (C=O) groups excluding carboxylic acids is 1. The van der Waals surface area contributed by atoms with Crippen LogP contribution in [0.15, 0.2) is 24.4 Å². The number of hydrogen-bond acceptors (Lipinski definition) is 2. The zero-order chi connectivity index (χ0) is 17.2. The van der Waals surface area contributed by atoms with Gasteiger partial charge < -0.3 is 15.4 Å². The van der Waals surface area contributed by atoms with Gasteiger partial charge in [-0.25, -0.2) is 0 Å². The largest absolute Gasteiger partial charge is 0.481 e. The van der Waals surface area contributed by atoms with Crippen LogP contribution in [0.3, 0.4) is 0 Å². The number of hydrogen-bond donors (Lipinski definition) is 3. The van der Waals surface area contributed by atoms with E-state index in [1.165, 1.54) is 0 Å². The van der Waals surface area contributed by atoms with Crippen LogP contribution in [-0.2, 0) is 16.0 Å². The lowest BCUT2D eigenvalue weighted by atomic mass is 9.85. The first-order chi connectivity index (χ1) is 10.7. The summed E-state index contributed by atoms with van der Waals surface area (Å²) in [6, 6.07) is 5.97. The second-order valence-corrected chi connectivity index (χ2v) is 6.68. The molecule has 23 heavy (non-hydrogen) atoms. The zero-order valence-corrected chi connectivity index (χ0v) is 14.1. The SMILES string of the molecule is Cc1cccc2c(CC(=O)NC(C)(CC(=O)O)C(C)C)c[nH]c12. The van der Waals surface area contributed by atoms with Crippen molar-refractivity contribution in [3.8, 4) is 0 Å². The molecule has 3 N–H and O–H groups in total. The maximum atomic E-state index is 12.4. The van der Waals surface area contributed by atoms with Crippen LogP contribution in [0.25, 0.3) is 10.9 Å². The van der Waals surface area contributed by atoms with Gasteiger partial charge >= 0.3 is 5.97 Å². The topological polar surface area (TPSA) is 82.2 Å². The number of nitrogens with one attached hydrogen (secondary N) is 2. The molecule has 124 valence electrons. The number of aliphatic carboxylic acids is 1. The lowest BCUT2D eigenvalue weighted by molar-refractivity contribution is -0.139. The lowest BCUT2D eigenvalue weighted by Crippen LogP contribution is -2.51. The van der Waals surface area contributed by atoms with E-state index < -0.39 is 11.5 Å². The number of benzene rings is 1. The average molecular weight is 316 g/mol. The number of carboxylic acids is 1. The molecule has 0 aliphatic heterocycles. The monoisotopic (exact) mass is 316 g/mol. The van der Waals surface area contributed by atoms with Crippen LogP contribution in [0, 0.1) is 12.8 Å². The summed E-state index contributed by atoms with van der Waals surface area (Å²) in [5, 5.41) is 13.0. The van der Waals surface area contributed by atoms with Crippen molar-refractivity contribution in [3.05, 3.63) is 35.5 Å². The molecule has 0 saturated carbocycles. The standard InChI is InChI=1S/C18H24N2O3/c1-11(2)18(4,9-16(22)23)20-15(21)8-13-10-19-17-12(3)6-5-7-14(13)17/h5-7,10-11,19H,8-9H2,1-4H3,(H,20,21)(H,22,23). The van der Waals surface area contributed by atoms with Crippen molar-refractivity contribution in [2.75, 3.05) is 0 Å². The van der Waals surface area contributed by atoms with Gasteiger partial charge in [0, 0.05) is 22.6 Å². The van der Waals surface area contributed by atoms with Gasteiger partial charge in [-0.2, -0.15) is 0 Å². The Kier molecular flexibility index (Phi) is 4.78. The Hall–Kier alpha value is -2.30. The highest BCUT2D eigenvalue weighted by Gasteiger charge is 2.32. The van der Waals surface area contributed by atoms with Crippen LogP contribution in [-0.4, -0.2) is 27.5 Å². The Labute approximate surface area is 136 Å². The predicted octanol–water partition coefficient (Wildman–Crippen LogP) is 3.02. The lowest BCUT2D eigenvalue weighted by Gasteiger charge is -2.33. The molecule has 5 heteroatoms. The minimum absolute atomic E-state index is 0.0211. The fourth-order valence-electron chi connectivity index (χ4n) is 2.75. The fourth-order valence-corrected chi connectivity index (χ4v) is 2.75. The van der Waals surface area contributed by atoms with Crippen LogP contribution in [0.4, 0.5) is 0 Å². The van der Waals surface area contributed by atoms with Gasteiger partial charge in [0.1, 0.15) is 0 Å². The first kappa shape index (κ1) is 17.1. The summed E-state index contributed by atoms with van der Waals surface area (Å²) >= 11 is 0. The number of amides is 1. The smallest absolute Gasteiger partial charge is 0.305 e. The Morgan fingerprint density at radius 1 is 1.35 bits per heavy atom. The Morgan fingerprint density at radius 2 is 2.04 bits per heavy atom. The first-order valence-electron chi connectivity index (χ1n) is 7.81. The van der Waals surface area contributed by atoms with Crippen molar-refractivity contribution in [1.29, 1.82) is 0 Å². The van der Waals surface area contributed by atoms with Crippen molar-refractivity contribution in [2.24, 2.45) is 5.92 Å². The molecule has 0 aliphatic rings. The molecule has 2 rings (SSSR count). The summed E-state index contributed by atoms with van der Waals surface area (Å²) in [5.74, 6) is -1.05. The summed E-state index contributed by atoms with van der Waals surface area (Å²) in [6.45, 7) is 7.63. The van der Waals surface area contributed by atoms with E-state index >= 15 is 0 Å². The van der Waals surface area contributed by atoms with Gasteiger partial charge in [0.05, 0.1) is 12.8 Å². The number of aromatic nitrogens is 1. The fraction of sp³-hybridized carbons (Fsp3) is 0.444. The molecule has 1 amide bonds. The maximum Gasteiger partial charge on any atom is 0.305 e. The molecule has 1 atom stereocenters. The van der Waals surface area contributed by atoms with Crippen LogP contribution in [0.5, 0.6) is 0 Å². The van der Waals surface area contributed by atoms with Crippen molar-refractivity contribution < 1.29 is 14.7 Å². The van der Waals surface area contributed by atoms with E-state index in [9.17, 15) is 9.59 Å². The van der Waals surface area contributed by atoms with Crippen LogP contribution < -0.4 is 5.32 Å². The van der Waals surface area contributed by atoms with Gasteiger partial charge in [-0.1, -0.05) is 32.0 Å². The molecule has 0 radical (unpaired) electrons. The number of fused-ring (bicyclic) bond motifs is 1. The van der Waals surface area contributed by atoms with Crippen LogP contribution in [0.1, 0.15) is 38.3 Å².